The van der Waals surface area contributed by atoms with E-state index >= 15 is 0 Å². The van der Waals surface area contributed by atoms with Crippen LogP contribution >= 0.6 is 0 Å². The number of amides is 1. The smallest absolute Gasteiger partial charge is 0.339 e. The van der Waals surface area contributed by atoms with E-state index in [1.807, 2.05) is 44.2 Å². The second kappa shape index (κ2) is 7.27. The Balaban J connectivity index is 1.81. The van der Waals surface area contributed by atoms with Gasteiger partial charge in [0.05, 0.1) is 0 Å². The van der Waals surface area contributed by atoms with Crippen molar-refractivity contribution in [3.63, 3.8) is 0 Å². The second-order valence-electron chi connectivity index (χ2n) is 6.18. The van der Waals surface area contributed by atoms with Crippen LogP contribution in [0.15, 0.2) is 54.6 Å². The van der Waals surface area contributed by atoms with Crippen LogP contribution in [0.25, 0.3) is 10.8 Å². The van der Waals surface area contributed by atoms with Crippen molar-refractivity contribution in [1.29, 1.82) is 0 Å². The Morgan fingerprint density at radius 2 is 1.69 bits per heavy atom. The number of carbonyl (C=O) groups excluding carboxylic acids is 1. The third-order valence-corrected chi connectivity index (χ3v) is 3.96. The number of fused-ring (bicyclic) bond motifs is 1. The Morgan fingerprint density at radius 3 is 2.38 bits per heavy atom. The fourth-order valence-corrected chi connectivity index (χ4v) is 2.95. The van der Waals surface area contributed by atoms with Gasteiger partial charge in [-0.05, 0) is 48.6 Å². The van der Waals surface area contributed by atoms with E-state index in [4.69, 9.17) is 4.74 Å². The number of aromatic carboxylic acids is 1. The van der Waals surface area contributed by atoms with Gasteiger partial charge in [-0.1, -0.05) is 36.4 Å². The third-order valence-electron chi connectivity index (χ3n) is 3.96. The summed E-state index contributed by atoms with van der Waals surface area (Å²) in [6, 6.07) is 16.3. The van der Waals surface area contributed by atoms with Gasteiger partial charge in [-0.3, -0.25) is 4.79 Å². The van der Waals surface area contributed by atoms with Gasteiger partial charge in [-0.25, -0.2) is 4.79 Å². The molecule has 26 heavy (non-hydrogen) atoms. The Morgan fingerprint density at radius 1 is 1.00 bits per heavy atom. The molecule has 5 heteroatoms. The predicted molar refractivity (Wildman–Crippen MR) is 101 cm³/mol. The summed E-state index contributed by atoms with van der Waals surface area (Å²) in [4.78, 5) is 23.7. The van der Waals surface area contributed by atoms with Crippen molar-refractivity contribution in [2.75, 3.05) is 11.9 Å². The molecular formula is C21H19NO4. The van der Waals surface area contributed by atoms with Crippen molar-refractivity contribution < 1.29 is 19.4 Å². The van der Waals surface area contributed by atoms with Crippen molar-refractivity contribution in [3.8, 4) is 5.75 Å². The van der Waals surface area contributed by atoms with Gasteiger partial charge in [0, 0.05) is 11.1 Å². The molecule has 0 spiro atoms. The van der Waals surface area contributed by atoms with Gasteiger partial charge in [-0.2, -0.15) is 0 Å². The molecule has 5 nitrogen and oxygen atoms in total. The SMILES string of the molecule is Cc1cc(C)cc(NC(=O)COc2c(C(=O)O)ccc3ccccc23)c1. The summed E-state index contributed by atoms with van der Waals surface area (Å²) >= 11 is 0. The number of rotatable bonds is 5. The van der Waals surface area contributed by atoms with Crippen molar-refractivity contribution in [3.05, 3.63) is 71.3 Å². The van der Waals surface area contributed by atoms with Crippen molar-refractivity contribution in [2.24, 2.45) is 0 Å². The van der Waals surface area contributed by atoms with Gasteiger partial charge in [0.2, 0.25) is 0 Å². The standard InChI is InChI=1S/C21H19NO4/c1-13-9-14(2)11-16(10-13)22-19(23)12-26-20-17-6-4-3-5-15(17)7-8-18(20)21(24)25/h3-11H,12H2,1-2H3,(H,22,23)(H,24,25). The van der Waals surface area contributed by atoms with Crippen LogP contribution in [0.4, 0.5) is 5.69 Å². The topological polar surface area (TPSA) is 75.6 Å². The Kier molecular flexibility index (Phi) is 4.89. The van der Waals surface area contributed by atoms with Crippen LogP contribution in [-0.2, 0) is 4.79 Å². The molecule has 3 aromatic rings. The molecule has 0 bridgehead atoms. The van der Waals surface area contributed by atoms with Crippen molar-refractivity contribution in [1.82, 2.24) is 0 Å². The Labute approximate surface area is 151 Å². The van der Waals surface area contributed by atoms with Gasteiger partial charge in [-0.15, -0.1) is 0 Å². The fraction of sp³-hybridized carbons (Fsp3) is 0.143. The van der Waals surface area contributed by atoms with Crippen LogP contribution in [0.2, 0.25) is 0 Å². The van der Waals surface area contributed by atoms with Crippen LogP contribution in [0, 0.1) is 13.8 Å². The first-order chi connectivity index (χ1) is 12.4. The minimum atomic E-state index is -1.10. The molecule has 0 heterocycles. The first kappa shape index (κ1) is 17.5. The van der Waals surface area contributed by atoms with Crippen molar-refractivity contribution >= 4 is 28.3 Å². The van der Waals surface area contributed by atoms with E-state index in [-0.39, 0.29) is 23.8 Å². The maximum absolute atomic E-state index is 12.2. The predicted octanol–water partition coefficient (Wildman–Crippen LogP) is 4.17. The van der Waals surface area contributed by atoms with Gasteiger partial charge < -0.3 is 15.2 Å². The number of ether oxygens (including phenoxy) is 1. The zero-order valence-corrected chi connectivity index (χ0v) is 14.6. The van der Waals surface area contributed by atoms with E-state index < -0.39 is 5.97 Å². The molecule has 0 atom stereocenters. The second-order valence-corrected chi connectivity index (χ2v) is 6.18. The minimum absolute atomic E-state index is 0.0305. The number of carboxylic acids is 1. The molecule has 0 aliphatic heterocycles. The summed E-state index contributed by atoms with van der Waals surface area (Å²) in [5.41, 5.74) is 2.81. The van der Waals surface area contributed by atoms with Gasteiger partial charge in [0.15, 0.2) is 6.61 Å². The normalized spacial score (nSPS) is 10.5. The van der Waals surface area contributed by atoms with Crippen LogP contribution in [0.3, 0.4) is 0 Å². The summed E-state index contributed by atoms with van der Waals surface area (Å²) in [5.74, 6) is -1.24. The first-order valence-electron chi connectivity index (χ1n) is 8.20. The molecule has 0 fully saturated rings. The molecule has 0 aromatic heterocycles. The highest BCUT2D eigenvalue weighted by Crippen LogP contribution is 2.30. The number of carbonyl (C=O) groups is 2. The molecule has 0 radical (unpaired) electrons. The van der Waals surface area contributed by atoms with E-state index in [9.17, 15) is 14.7 Å². The summed E-state index contributed by atoms with van der Waals surface area (Å²) in [6.07, 6.45) is 0. The zero-order chi connectivity index (χ0) is 18.7. The third kappa shape index (κ3) is 3.83. The fourth-order valence-electron chi connectivity index (χ4n) is 2.95. The van der Waals surface area contributed by atoms with Gasteiger partial charge in [0.25, 0.3) is 5.91 Å². The molecule has 0 saturated carbocycles. The number of anilines is 1. The quantitative estimate of drug-likeness (QED) is 0.725. The Bertz CT molecular complexity index is 974. The molecule has 0 aliphatic carbocycles. The minimum Gasteiger partial charge on any atom is -0.482 e. The molecule has 0 unspecified atom stereocenters. The lowest BCUT2D eigenvalue weighted by atomic mass is 10.1. The average molecular weight is 349 g/mol. The first-order valence-corrected chi connectivity index (χ1v) is 8.20. The number of nitrogens with one attached hydrogen (secondary N) is 1. The lowest BCUT2D eigenvalue weighted by molar-refractivity contribution is -0.118. The van der Waals surface area contributed by atoms with E-state index in [1.165, 1.54) is 6.07 Å². The number of benzene rings is 3. The maximum atomic E-state index is 12.2. The highest BCUT2D eigenvalue weighted by atomic mass is 16.5. The molecule has 0 saturated heterocycles. The number of hydrogen-bond acceptors (Lipinski definition) is 3. The monoisotopic (exact) mass is 349 g/mol. The molecule has 0 aliphatic rings. The lowest BCUT2D eigenvalue weighted by Crippen LogP contribution is -2.21. The van der Waals surface area contributed by atoms with Crippen LogP contribution < -0.4 is 10.1 Å². The number of aryl methyl sites for hydroxylation is 2. The summed E-state index contributed by atoms with van der Waals surface area (Å²) in [5, 5.41) is 13.7. The number of hydrogen-bond donors (Lipinski definition) is 2. The molecule has 1 amide bonds. The van der Waals surface area contributed by atoms with E-state index in [2.05, 4.69) is 5.32 Å². The van der Waals surface area contributed by atoms with Gasteiger partial charge in [0.1, 0.15) is 11.3 Å². The molecule has 3 aromatic carbocycles. The molecule has 3 rings (SSSR count). The largest absolute Gasteiger partial charge is 0.482 e. The molecule has 2 N–H and O–H groups in total. The van der Waals surface area contributed by atoms with Gasteiger partial charge >= 0.3 is 5.97 Å². The Hall–Kier alpha value is -3.34. The van der Waals surface area contributed by atoms with Crippen LogP contribution in [0.5, 0.6) is 5.75 Å². The number of carboxylic acid groups (broad SMARTS) is 1. The van der Waals surface area contributed by atoms with E-state index in [0.29, 0.717) is 11.1 Å². The summed E-state index contributed by atoms with van der Waals surface area (Å²) < 4.78 is 5.61. The van der Waals surface area contributed by atoms with E-state index in [1.54, 1.807) is 18.2 Å². The maximum Gasteiger partial charge on any atom is 0.339 e. The molecular weight excluding hydrogens is 330 g/mol. The van der Waals surface area contributed by atoms with Crippen molar-refractivity contribution in [2.45, 2.75) is 13.8 Å². The average Bonchev–Trinajstić information content (AvgIpc) is 2.58. The van der Waals surface area contributed by atoms with E-state index in [0.717, 1.165) is 16.5 Å². The zero-order valence-electron chi connectivity index (χ0n) is 14.6. The highest BCUT2D eigenvalue weighted by Gasteiger charge is 2.16. The van der Waals surface area contributed by atoms with Crippen LogP contribution in [0.1, 0.15) is 21.5 Å². The summed E-state index contributed by atoms with van der Waals surface area (Å²) in [7, 11) is 0. The van der Waals surface area contributed by atoms with Crippen LogP contribution in [-0.4, -0.2) is 23.6 Å². The lowest BCUT2D eigenvalue weighted by Gasteiger charge is -2.13. The summed E-state index contributed by atoms with van der Waals surface area (Å²) in [6.45, 7) is 3.63. The highest BCUT2D eigenvalue weighted by molar-refractivity contribution is 6.01. The molecule has 132 valence electrons.